The summed E-state index contributed by atoms with van der Waals surface area (Å²) in [6, 6.07) is 2.80. The molecule has 0 aliphatic heterocycles. The molecule has 2 saturated carbocycles. The van der Waals surface area contributed by atoms with Gasteiger partial charge in [0.25, 0.3) is 11.8 Å². The van der Waals surface area contributed by atoms with E-state index >= 15 is 0 Å². The first-order chi connectivity index (χ1) is 14.9. The first kappa shape index (κ1) is 22.2. The lowest BCUT2D eigenvalue weighted by atomic mass is 9.81. The first-order valence-corrected chi connectivity index (χ1v) is 9.82. The fraction of sp³-hybridized carbons (Fsp3) is 0.450. The minimum atomic E-state index is -4.91. The van der Waals surface area contributed by atoms with Gasteiger partial charge in [-0.1, -0.05) is 0 Å². The molecule has 32 heavy (non-hydrogen) atoms. The van der Waals surface area contributed by atoms with Crippen LogP contribution in [0.4, 0.5) is 32.0 Å². The third-order valence-electron chi connectivity index (χ3n) is 5.54. The number of nitrogens with one attached hydrogen (secondary N) is 1. The molecule has 2 amide bonds. The summed E-state index contributed by atoms with van der Waals surface area (Å²) >= 11 is 0. The number of nitrogens with zero attached hydrogens (tertiary/aromatic N) is 2. The number of carbonyl (C=O) groups excluding carboxylic acids is 2. The molecule has 0 radical (unpaired) electrons. The van der Waals surface area contributed by atoms with E-state index < -0.39 is 71.2 Å². The fourth-order valence-corrected chi connectivity index (χ4v) is 3.91. The molecule has 0 saturated heterocycles. The van der Waals surface area contributed by atoms with Crippen LogP contribution in [0, 0.1) is 11.7 Å². The van der Waals surface area contributed by atoms with Crippen molar-refractivity contribution in [2.24, 2.45) is 11.7 Å². The third kappa shape index (κ3) is 4.30. The number of carbonyl (C=O) groups is 2. The van der Waals surface area contributed by atoms with Gasteiger partial charge in [-0.25, -0.2) is 13.2 Å². The van der Waals surface area contributed by atoms with E-state index in [9.17, 15) is 35.9 Å². The minimum absolute atomic E-state index is 0.158. The van der Waals surface area contributed by atoms with Crippen molar-refractivity contribution in [1.82, 2.24) is 9.78 Å². The first-order valence-electron chi connectivity index (χ1n) is 9.82. The van der Waals surface area contributed by atoms with Gasteiger partial charge in [-0.2, -0.15) is 18.3 Å². The maximum Gasteiger partial charge on any atom is 0.420 e. The van der Waals surface area contributed by atoms with Gasteiger partial charge in [-0.3, -0.25) is 14.3 Å². The van der Waals surface area contributed by atoms with Crippen molar-refractivity contribution in [2.45, 2.75) is 50.2 Å². The molecule has 0 unspecified atom stereocenters. The van der Waals surface area contributed by atoms with E-state index in [-0.39, 0.29) is 17.9 Å². The van der Waals surface area contributed by atoms with Crippen LogP contribution >= 0.6 is 0 Å². The van der Waals surface area contributed by atoms with Crippen molar-refractivity contribution in [3.63, 3.8) is 0 Å². The Kier molecular flexibility index (Phi) is 5.21. The van der Waals surface area contributed by atoms with Gasteiger partial charge in [0.1, 0.15) is 17.1 Å². The fourth-order valence-electron chi connectivity index (χ4n) is 3.91. The average molecular weight is 460 g/mol. The Morgan fingerprint density at radius 1 is 1.22 bits per heavy atom. The summed E-state index contributed by atoms with van der Waals surface area (Å²) in [6.07, 6.45) is -4.97. The monoisotopic (exact) mass is 460 g/mol. The number of anilines is 1. The third-order valence-corrected chi connectivity index (χ3v) is 5.54. The predicted octanol–water partition coefficient (Wildman–Crippen LogP) is 4.31. The summed E-state index contributed by atoms with van der Waals surface area (Å²) in [6.45, 7) is -0.274. The maximum atomic E-state index is 13.9. The number of alkyl halides is 5. The van der Waals surface area contributed by atoms with Gasteiger partial charge in [0.2, 0.25) is 5.92 Å². The van der Waals surface area contributed by atoms with Crippen LogP contribution in [0.25, 0.3) is 0 Å². The number of benzene rings is 1. The van der Waals surface area contributed by atoms with Gasteiger partial charge in [-0.05, 0) is 37.0 Å². The Morgan fingerprint density at radius 2 is 1.88 bits per heavy atom. The number of halogens is 6. The molecule has 2 aromatic rings. The second-order valence-corrected chi connectivity index (χ2v) is 8.21. The summed E-state index contributed by atoms with van der Waals surface area (Å²) in [7, 11) is 0. The minimum Gasteiger partial charge on any atom is -0.366 e. The SMILES string of the molecule is NC(=O)c1cc(NC(=O)c2c(C(F)(F)F)c(C3CC3)nn2CC2CC(F)(F)C2)ccc1F. The van der Waals surface area contributed by atoms with Gasteiger partial charge in [0.15, 0.2) is 0 Å². The number of hydrogen-bond donors (Lipinski definition) is 2. The lowest BCUT2D eigenvalue weighted by Gasteiger charge is -2.35. The van der Waals surface area contributed by atoms with Crippen LogP contribution in [-0.4, -0.2) is 27.5 Å². The molecule has 12 heteroatoms. The number of rotatable bonds is 6. The van der Waals surface area contributed by atoms with Crippen molar-refractivity contribution in [3.8, 4) is 0 Å². The van der Waals surface area contributed by atoms with Gasteiger partial charge in [0.05, 0.1) is 11.3 Å². The van der Waals surface area contributed by atoms with Crippen LogP contribution in [0.2, 0.25) is 0 Å². The van der Waals surface area contributed by atoms with Gasteiger partial charge in [-0.15, -0.1) is 0 Å². The molecule has 0 bridgehead atoms. The average Bonchev–Trinajstić information content (AvgIpc) is 3.41. The summed E-state index contributed by atoms with van der Waals surface area (Å²) in [5.41, 5.74) is 2.05. The molecule has 2 aliphatic carbocycles. The van der Waals surface area contributed by atoms with E-state index in [1.165, 1.54) is 0 Å². The van der Waals surface area contributed by atoms with Gasteiger partial charge < -0.3 is 11.1 Å². The Labute approximate surface area is 177 Å². The van der Waals surface area contributed by atoms with Gasteiger partial charge >= 0.3 is 6.18 Å². The second kappa shape index (κ2) is 7.52. The smallest absolute Gasteiger partial charge is 0.366 e. The predicted molar refractivity (Wildman–Crippen MR) is 99.7 cm³/mol. The zero-order valence-corrected chi connectivity index (χ0v) is 16.5. The highest BCUT2D eigenvalue weighted by atomic mass is 19.4. The Morgan fingerprint density at radius 3 is 2.41 bits per heavy atom. The zero-order valence-electron chi connectivity index (χ0n) is 16.5. The van der Waals surface area contributed by atoms with Crippen LogP contribution in [0.5, 0.6) is 0 Å². The summed E-state index contributed by atoms with van der Waals surface area (Å²) in [5, 5.41) is 6.20. The summed E-state index contributed by atoms with van der Waals surface area (Å²) < 4.78 is 82.7. The number of aromatic nitrogens is 2. The van der Waals surface area contributed by atoms with Crippen molar-refractivity contribution in [3.05, 3.63) is 46.5 Å². The normalized spacial score (nSPS) is 18.3. The molecule has 0 atom stereocenters. The molecular formula is C20H18F6N4O2. The van der Waals surface area contributed by atoms with Crippen LogP contribution in [0.15, 0.2) is 18.2 Å². The second-order valence-electron chi connectivity index (χ2n) is 8.21. The van der Waals surface area contributed by atoms with E-state index in [1.54, 1.807) is 0 Å². The van der Waals surface area contributed by atoms with Crippen molar-refractivity contribution in [2.75, 3.05) is 5.32 Å². The lowest BCUT2D eigenvalue weighted by Crippen LogP contribution is -2.38. The van der Waals surface area contributed by atoms with Crippen LogP contribution in [-0.2, 0) is 12.7 Å². The summed E-state index contributed by atoms with van der Waals surface area (Å²) in [5.74, 6) is -7.26. The molecule has 0 spiro atoms. The molecular weight excluding hydrogens is 442 g/mol. The van der Waals surface area contributed by atoms with Gasteiger partial charge in [0, 0.05) is 31.0 Å². The molecule has 6 nitrogen and oxygen atoms in total. The Bertz CT molecular complexity index is 1080. The maximum absolute atomic E-state index is 13.9. The summed E-state index contributed by atoms with van der Waals surface area (Å²) in [4.78, 5) is 24.2. The highest BCUT2D eigenvalue weighted by Gasteiger charge is 2.49. The van der Waals surface area contributed by atoms with Crippen LogP contribution in [0.3, 0.4) is 0 Å². The number of hydrogen-bond acceptors (Lipinski definition) is 3. The van der Waals surface area contributed by atoms with E-state index in [0.717, 1.165) is 22.9 Å². The zero-order chi connectivity index (χ0) is 23.4. The molecule has 2 aliphatic rings. The van der Waals surface area contributed by atoms with E-state index in [1.807, 2.05) is 0 Å². The number of nitrogens with two attached hydrogens (primary N) is 1. The van der Waals surface area contributed by atoms with E-state index in [2.05, 4.69) is 10.4 Å². The van der Waals surface area contributed by atoms with Crippen molar-refractivity contribution >= 4 is 17.5 Å². The molecule has 172 valence electrons. The lowest BCUT2D eigenvalue weighted by molar-refractivity contribution is -0.138. The number of primary amides is 1. The van der Waals surface area contributed by atoms with Crippen molar-refractivity contribution in [1.29, 1.82) is 0 Å². The topological polar surface area (TPSA) is 90.0 Å². The molecule has 4 rings (SSSR count). The molecule has 1 aromatic carbocycles. The number of amides is 2. The van der Waals surface area contributed by atoms with E-state index in [0.29, 0.717) is 12.8 Å². The van der Waals surface area contributed by atoms with E-state index in [4.69, 9.17) is 5.73 Å². The largest absolute Gasteiger partial charge is 0.420 e. The quantitative estimate of drug-likeness (QED) is 0.630. The molecule has 1 aromatic heterocycles. The highest BCUT2D eigenvalue weighted by molar-refractivity contribution is 6.05. The molecule has 2 fully saturated rings. The van der Waals surface area contributed by atoms with Crippen LogP contribution in [0.1, 0.15) is 63.7 Å². The highest BCUT2D eigenvalue weighted by Crippen LogP contribution is 2.48. The van der Waals surface area contributed by atoms with Crippen molar-refractivity contribution < 1.29 is 35.9 Å². The Balaban J connectivity index is 1.71. The van der Waals surface area contributed by atoms with Crippen LogP contribution < -0.4 is 11.1 Å². The standard InChI is InChI=1S/C20H18F6N4O2/c21-13-4-3-11(5-12(13)17(27)31)28-18(32)16-14(20(24,25)26)15(10-1-2-10)29-30(16)8-9-6-19(22,23)7-9/h3-5,9-10H,1-2,6-8H2,(H2,27,31)(H,28,32). The molecule has 1 heterocycles. The Hall–Kier alpha value is -3.05. The molecule has 3 N–H and O–H groups in total.